The second kappa shape index (κ2) is 9.76. The van der Waals surface area contributed by atoms with Crippen molar-refractivity contribution in [1.29, 1.82) is 0 Å². The topological polar surface area (TPSA) is 77.1 Å². The Hall–Kier alpha value is -3.17. The van der Waals surface area contributed by atoms with Crippen LogP contribution in [0, 0.1) is 0 Å². The number of halogens is 1. The van der Waals surface area contributed by atoms with Crippen LogP contribution in [0.5, 0.6) is 0 Å². The van der Waals surface area contributed by atoms with Crippen LogP contribution >= 0.6 is 27.7 Å². The smallest absolute Gasteiger partial charge is 0.250 e. The first kappa shape index (κ1) is 21.1. The molecule has 0 fully saturated rings. The van der Waals surface area contributed by atoms with E-state index in [0.29, 0.717) is 11.0 Å². The number of hydrogen-bond donors (Lipinski definition) is 1. The summed E-state index contributed by atoms with van der Waals surface area (Å²) < 4.78 is 4.86. The van der Waals surface area contributed by atoms with Crippen LogP contribution in [0.3, 0.4) is 0 Å². The van der Waals surface area contributed by atoms with Gasteiger partial charge in [0.15, 0.2) is 11.0 Å². The molecule has 4 rings (SSSR count). The molecule has 1 amide bonds. The highest BCUT2D eigenvalue weighted by atomic mass is 79.9. The molecule has 31 heavy (non-hydrogen) atoms. The van der Waals surface area contributed by atoms with Crippen molar-refractivity contribution in [2.24, 2.45) is 12.1 Å². The molecular weight excluding hydrogens is 476 g/mol. The van der Waals surface area contributed by atoms with Crippen LogP contribution in [0.4, 0.5) is 0 Å². The average molecular weight is 495 g/mol. The van der Waals surface area contributed by atoms with Gasteiger partial charge in [-0.25, -0.2) is 5.43 Å². The molecule has 0 aliphatic rings. The van der Waals surface area contributed by atoms with Gasteiger partial charge in [-0.1, -0.05) is 58.0 Å². The number of benzene rings is 2. The van der Waals surface area contributed by atoms with Crippen molar-refractivity contribution in [2.45, 2.75) is 5.16 Å². The minimum absolute atomic E-state index is 0.162. The molecule has 0 saturated heterocycles. The maximum atomic E-state index is 12.3. The summed E-state index contributed by atoms with van der Waals surface area (Å²) in [5, 5.41) is 13.4. The van der Waals surface area contributed by atoms with Crippen LogP contribution in [-0.2, 0) is 11.8 Å². The fourth-order valence-corrected chi connectivity index (χ4v) is 3.91. The van der Waals surface area contributed by atoms with E-state index in [2.05, 4.69) is 36.7 Å². The van der Waals surface area contributed by atoms with Gasteiger partial charge >= 0.3 is 0 Å². The van der Waals surface area contributed by atoms with E-state index in [1.165, 1.54) is 11.8 Å². The Kier molecular flexibility index (Phi) is 6.63. The molecule has 0 saturated carbocycles. The number of carbonyl (C=O) groups excluding carboxylic acids is 1. The molecular formula is C22H19BrN6OS. The lowest BCUT2D eigenvalue weighted by atomic mass is 10.2. The summed E-state index contributed by atoms with van der Waals surface area (Å²) in [6, 6.07) is 21.6. The van der Waals surface area contributed by atoms with Crippen molar-refractivity contribution < 1.29 is 4.79 Å². The standard InChI is InChI=1S/C22H19BrN6OS/c1-28-13-5-8-19(28)14-24-25-20(30)15-31-22-27-26-21(16-9-11-17(23)12-10-16)29(22)18-6-3-2-4-7-18/h2-14H,15H2,1H3,(H,25,30)/b24-14-. The van der Waals surface area contributed by atoms with Gasteiger partial charge in [0, 0.05) is 29.0 Å². The zero-order chi connectivity index (χ0) is 21.6. The molecule has 2 aromatic carbocycles. The number of nitrogens with one attached hydrogen (secondary N) is 1. The van der Waals surface area contributed by atoms with E-state index < -0.39 is 0 Å². The Labute approximate surface area is 192 Å². The highest BCUT2D eigenvalue weighted by Gasteiger charge is 2.17. The molecule has 0 aliphatic carbocycles. The number of amides is 1. The average Bonchev–Trinajstić information content (AvgIpc) is 3.39. The SMILES string of the molecule is Cn1cccc1/C=N\NC(=O)CSc1nnc(-c2ccc(Br)cc2)n1-c1ccccc1. The molecule has 4 aromatic rings. The zero-order valence-corrected chi connectivity index (χ0v) is 19.0. The van der Waals surface area contributed by atoms with E-state index >= 15 is 0 Å². The van der Waals surface area contributed by atoms with Crippen molar-refractivity contribution in [1.82, 2.24) is 24.8 Å². The van der Waals surface area contributed by atoms with Crippen molar-refractivity contribution in [2.75, 3.05) is 5.75 Å². The lowest BCUT2D eigenvalue weighted by Crippen LogP contribution is -2.20. The van der Waals surface area contributed by atoms with Gasteiger partial charge in [-0.05, 0) is 36.4 Å². The molecule has 156 valence electrons. The number of hydrazone groups is 1. The van der Waals surface area contributed by atoms with Gasteiger partial charge in [-0.15, -0.1) is 10.2 Å². The molecule has 1 N–H and O–H groups in total. The van der Waals surface area contributed by atoms with E-state index in [-0.39, 0.29) is 11.7 Å². The molecule has 2 aromatic heterocycles. The van der Waals surface area contributed by atoms with Crippen LogP contribution in [0.1, 0.15) is 5.69 Å². The highest BCUT2D eigenvalue weighted by molar-refractivity contribution is 9.10. The molecule has 0 bridgehead atoms. The number of aromatic nitrogens is 4. The maximum absolute atomic E-state index is 12.3. The van der Waals surface area contributed by atoms with Crippen LogP contribution in [0.2, 0.25) is 0 Å². The van der Waals surface area contributed by atoms with Gasteiger partial charge in [-0.2, -0.15) is 5.10 Å². The fourth-order valence-electron chi connectivity index (χ4n) is 2.90. The van der Waals surface area contributed by atoms with Gasteiger partial charge in [0.1, 0.15) is 0 Å². The normalized spacial score (nSPS) is 11.2. The molecule has 0 aliphatic heterocycles. The van der Waals surface area contributed by atoms with E-state index in [0.717, 1.165) is 21.4 Å². The second-order valence-corrected chi connectivity index (χ2v) is 8.47. The van der Waals surface area contributed by atoms with E-state index in [4.69, 9.17) is 0 Å². The maximum Gasteiger partial charge on any atom is 0.250 e. The summed E-state index contributed by atoms with van der Waals surface area (Å²) in [6.45, 7) is 0. The Morgan fingerprint density at radius 1 is 1.10 bits per heavy atom. The summed E-state index contributed by atoms with van der Waals surface area (Å²) in [7, 11) is 1.92. The predicted octanol–water partition coefficient (Wildman–Crippen LogP) is 4.28. The van der Waals surface area contributed by atoms with Crippen LogP contribution < -0.4 is 5.43 Å². The second-order valence-electron chi connectivity index (χ2n) is 6.61. The van der Waals surface area contributed by atoms with Crippen LogP contribution in [0.25, 0.3) is 17.1 Å². The van der Waals surface area contributed by atoms with E-state index in [1.807, 2.05) is 89.1 Å². The Morgan fingerprint density at radius 2 is 1.87 bits per heavy atom. The number of hydrogen-bond acceptors (Lipinski definition) is 5. The summed E-state index contributed by atoms with van der Waals surface area (Å²) >= 11 is 4.77. The molecule has 0 atom stereocenters. The van der Waals surface area contributed by atoms with E-state index in [1.54, 1.807) is 6.21 Å². The first-order chi connectivity index (χ1) is 15.1. The van der Waals surface area contributed by atoms with Gasteiger partial charge in [0.2, 0.25) is 0 Å². The number of carbonyl (C=O) groups is 1. The molecule has 0 unspecified atom stereocenters. The van der Waals surface area contributed by atoms with E-state index in [9.17, 15) is 4.79 Å². The molecule has 0 radical (unpaired) electrons. The minimum atomic E-state index is -0.219. The molecule has 7 nitrogen and oxygen atoms in total. The van der Waals surface area contributed by atoms with Gasteiger partial charge in [0.25, 0.3) is 5.91 Å². The third-order valence-corrected chi connectivity index (χ3v) is 5.91. The number of para-hydroxylation sites is 1. The minimum Gasteiger partial charge on any atom is -0.350 e. The Bertz CT molecular complexity index is 1200. The summed E-state index contributed by atoms with van der Waals surface area (Å²) in [5.74, 6) is 0.655. The number of thioether (sulfide) groups is 1. The van der Waals surface area contributed by atoms with Gasteiger partial charge in [-0.3, -0.25) is 9.36 Å². The van der Waals surface area contributed by atoms with Gasteiger partial charge < -0.3 is 4.57 Å². The molecule has 2 heterocycles. The largest absolute Gasteiger partial charge is 0.350 e. The highest BCUT2D eigenvalue weighted by Crippen LogP contribution is 2.28. The van der Waals surface area contributed by atoms with Crippen molar-refractivity contribution >= 4 is 39.8 Å². The molecule has 0 spiro atoms. The first-order valence-corrected chi connectivity index (χ1v) is 11.2. The summed E-state index contributed by atoms with van der Waals surface area (Å²) in [4.78, 5) is 12.3. The van der Waals surface area contributed by atoms with Crippen LogP contribution in [-0.4, -0.2) is 37.2 Å². The monoisotopic (exact) mass is 494 g/mol. The van der Waals surface area contributed by atoms with Crippen molar-refractivity contribution in [3.8, 4) is 17.1 Å². The van der Waals surface area contributed by atoms with Crippen molar-refractivity contribution in [3.05, 3.63) is 83.1 Å². The summed E-state index contributed by atoms with van der Waals surface area (Å²) in [5.41, 5.74) is 5.31. The Balaban J connectivity index is 1.51. The molecule has 9 heteroatoms. The lowest BCUT2D eigenvalue weighted by Gasteiger charge is -2.10. The Morgan fingerprint density at radius 3 is 2.58 bits per heavy atom. The lowest BCUT2D eigenvalue weighted by molar-refractivity contribution is -0.118. The van der Waals surface area contributed by atoms with Crippen molar-refractivity contribution in [3.63, 3.8) is 0 Å². The third kappa shape index (κ3) is 5.12. The number of rotatable bonds is 7. The zero-order valence-electron chi connectivity index (χ0n) is 16.6. The fraction of sp³-hybridized carbons (Fsp3) is 0.0909. The number of nitrogens with zero attached hydrogens (tertiary/aromatic N) is 5. The van der Waals surface area contributed by atoms with Gasteiger partial charge in [0.05, 0.1) is 17.7 Å². The van der Waals surface area contributed by atoms with Crippen LogP contribution in [0.15, 0.2) is 87.7 Å². The third-order valence-electron chi connectivity index (χ3n) is 4.45. The number of aryl methyl sites for hydroxylation is 1. The first-order valence-electron chi connectivity index (χ1n) is 9.44. The predicted molar refractivity (Wildman–Crippen MR) is 126 cm³/mol. The quantitative estimate of drug-likeness (QED) is 0.236. The summed E-state index contributed by atoms with van der Waals surface area (Å²) in [6.07, 6.45) is 3.53.